The molecule has 0 aliphatic carbocycles. The van der Waals surface area contributed by atoms with Crippen molar-refractivity contribution in [3.8, 4) is 6.07 Å². The van der Waals surface area contributed by atoms with Gasteiger partial charge in [-0.25, -0.2) is 0 Å². The number of nitrogens with one attached hydrogen (secondary N) is 1. The number of hydrogen-bond acceptors (Lipinski definition) is 2. The Morgan fingerprint density at radius 2 is 1.95 bits per heavy atom. The molecule has 2 aromatic rings. The fourth-order valence-corrected chi connectivity index (χ4v) is 2.57. The summed E-state index contributed by atoms with van der Waals surface area (Å²) < 4.78 is 0.946. The molecule has 0 atom stereocenters. The second kappa shape index (κ2) is 6.29. The molecule has 0 aliphatic rings. The molecule has 96 valence electrons. The van der Waals surface area contributed by atoms with Crippen molar-refractivity contribution in [3.05, 3.63) is 62.0 Å². The molecule has 5 heteroatoms. The Kier molecular flexibility index (Phi) is 4.71. The molecule has 0 unspecified atom stereocenters. The fourth-order valence-electron chi connectivity index (χ4n) is 1.58. The number of anilines is 1. The third-order valence-corrected chi connectivity index (χ3v) is 3.89. The van der Waals surface area contributed by atoms with E-state index in [0.29, 0.717) is 22.2 Å². The molecule has 0 radical (unpaired) electrons. The van der Waals surface area contributed by atoms with E-state index in [1.807, 2.05) is 24.3 Å². The van der Waals surface area contributed by atoms with Gasteiger partial charge in [0.2, 0.25) is 0 Å². The van der Waals surface area contributed by atoms with Crippen molar-refractivity contribution >= 4 is 44.8 Å². The van der Waals surface area contributed by atoms with Gasteiger partial charge in [0.15, 0.2) is 0 Å². The Bertz CT molecular complexity index is 650. The maximum atomic E-state index is 8.92. The van der Waals surface area contributed by atoms with Gasteiger partial charge < -0.3 is 5.32 Å². The molecule has 19 heavy (non-hydrogen) atoms. The molecule has 0 fully saturated rings. The first-order chi connectivity index (χ1) is 9.10. The second-order valence-electron chi connectivity index (χ2n) is 3.90. The van der Waals surface area contributed by atoms with Crippen molar-refractivity contribution in [1.82, 2.24) is 0 Å². The summed E-state index contributed by atoms with van der Waals surface area (Å²) >= 11 is 15.2. The van der Waals surface area contributed by atoms with Gasteiger partial charge in [-0.1, -0.05) is 45.2 Å². The SMILES string of the molecule is N#Cc1cc(NCc2ccc(Cl)cc2Br)ccc1Cl. The highest BCUT2D eigenvalue weighted by atomic mass is 79.9. The number of hydrogen-bond donors (Lipinski definition) is 1. The smallest absolute Gasteiger partial charge is 0.101 e. The molecule has 0 heterocycles. The van der Waals surface area contributed by atoms with Crippen molar-refractivity contribution < 1.29 is 0 Å². The Morgan fingerprint density at radius 1 is 1.16 bits per heavy atom. The average molecular weight is 356 g/mol. The highest BCUT2D eigenvalue weighted by Crippen LogP contribution is 2.24. The number of benzene rings is 2. The third kappa shape index (κ3) is 3.63. The van der Waals surface area contributed by atoms with Gasteiger partial charge in [-0.3, -0.25) is 0 Å². The molecule has 2 rings (SSSR count). The molecule has 0 bridgehead atoms. The summed E-state index contributed by atoms with van der Waals surface area (Å²) in [5.41, 5.74) is 2.39. The Balaban J connectivity index is 2.13. The van der Waals surface area contributed by atoms with E-state index in [4.69, 9.17) is 28.5 Å². The van der Waals surface area contributed by atoms with E-state index in [-0.39, 0.29) is 0 Å². The second-order valence-corrected chi connectivity index (χ2v) is 5.59. The monoisotopic (exact) mass is 354 g/mol. The summed E-state index contributed by atoms with van der Waals surface area (Å²) in [5, 5.41) is 13.3. The number of halogens is 3. The minimum absolute atomic E-state index is 0.459. The van der Waals surface area contributed by atoms with Crippen LogP contribution in [0.25, 0.3) is 0 Å². The molecule has 0 amide bonds. The molecular weight excluding hydrogens is 347 g/mol. The summed E-state index contributed by atoms with van der Waals surface area (Å²) in [6.07, 6.45) is 0. The number of rotatable bonds is 3. The van der Waals surface area contributed by atoms with Crippen LogP contribution in [-0.2, 0) is 6.54 Å². The molecule has 2 aromatic carbocycles. The molecule has 0 aromatic heterocycles. The summed E-state index contributed by atoms with van der Waals surface area (Å²) in [4.78, 5) is 0. The van der Waals surface area contributed by atoms with Crippen LogP contribution in [0, 0.1) is 11.3 Å². The van der Waals surface area contributed by atoms with E-state index >= 15 is 0 Å². The summed E-state index contributed by atoms with van der Waals surface area (Å²) in [6.45, 7) is 0.629. The molecule has 2 nitrogen and oxygen atoms in total. The maximum absolute atomic E-state index is 8.92. The lowest BCUT2D eigenvalue weighted by molar-refractivity contribution is 1.14. The summed E-state index contributed by atoms with van der Waals surface area (Å²) in [6, 6.07) is 13.0. The minimum atomic E-state index is 0.459. The van der Waals surface area contributed by atoms with Crippen LogP contribution in [0.15, 0.2) is 40.9 Å². The molecule has 0 saturated carbocycles. The maximum Gasteiger partial charge on any atom is 0.101 e. The van der Waals surface area contributed by atoms with Crippen molar-refractivity contribution in [2.75, 3.05) is 5.32 Å². The van der Waals surface area contributed by atoms with Crippen LogP contribution >= 0.6 is 39.1 Å². The van der Waals surface area contributed by atoms with E-state index in [9.17, 15) is 0 Å². The predicted molar refractivity (Wildman–Crippen MR) is 82.6 cm³/mol. The highest BCUT2D eigenvalue weighted by Gasteiger charge is 2.03. The van der Waals surface area contributed by atoms with Gasteiger partial charge in [-0.15, -0.1) is 0 Å². The first-order valence-electron chi connectivity index (χ1n) is 5.47. The van der Waals surface area contributed by atoms with Crippen molar-refractivity contribution in [3.63, 3.8) is 0 Å². The van der Waals surface area contributed by atoms with Gasteiger partial charge in [0.05, 0.1) is 10.6 Å². The van der Waals surface area contributed by atoms with Crippen LogP contribution in [0.2, 0.25) is 10.0 Å². The molecule has 0 spiro atoms. The Labute approximate surface area is 130 Å². The zero-order chi connectivity index (χ0) is 13.8. The van der Waals surface area contributed by atoms with Gasteiger partial charge >= 0.3 is 0 Å². The minimum Gasteiger partial charge on any atom is -0.381 e. The lowest BCUT2D eigenvalue weighted by Crippen LogP contribution is -2.00. The van der Waals surface area contributed by atoms with Crippen LogP contribution in [0.4, 0.5) is 5.69 Å². The van der Waals surface area contributed by atoms with Crippen LogP contribution in [-0.4, -0.2) is 0 Å². The quantitative estimate of drug-likeness (QED) is 0.817. The Hall–Kier alpha value is -1.21. The van der Waals surface area contributed by atoms with E-state index < -0.39 is 0 Å². The lowest BCUT2D eigenvalue weighted by atomic mass is 10.2. The largest absolute Gasteiger partial charge is 0.381 e. The molecule has 1 N–H and O–H groups in total. The zero-order valence-electron chi connectivity index (χ0n) is 9.75. The van der Waals surface area contributed by atoms with Crippen LogP contribution < -0.4 is 5.32 Å². The van der Waals surface area contributed by atoms with E-state index in [1.165, 1.54) is 0 Å². The van der Waals surface area contributed by atoms with E-state index in [2.05, 4.69) is 27.3 Å². The molecule has 0 saturated heterocycles. The Morgan fingerprint density at radius 3 is 2.63 bits per heavy atom. The van der Waals surface area contributed by atoms with E-state index in [1.54, 1.807) is 12.1 Å². The first kappa shape index (κ1) is 14.2. The molecule has 0 aliphatic heterocycles. The molecular formula is C14H9BrCl2N2. The normalized spacial score (nSPS) is 10.0. The van der Waals surface area contributed by atoms with Gasteiger partial charge in [-0.05, 0) is 35.9 Å². The van der Waals surface area contributed by atoms with Gasteiger partial charge in [-0.2, -0.15) is 5.26 Å². The van der Waals surface area contributed by atoms with Crippen molar-refractivity contribution in [2.24, 2.45) is 0 Å². The van der Waals surface area contributed by atoms with Crippen LogP contribution in [0.5, 0.6) is 0 Å². The van der Waals surface area contributed by atoms with Crippen molar-refractivity contribution in [1.29, 1.82) is 5.26 Å². The topological polar surface area (TPSA) is 35.8 Å². The first-order valence-corrected chi connectivity index (χ1v) is 7.02. The van der Waals surface area contributed by atoms with E-state index in [0.717, 1.165) is 15.7 Å². The zero-order valence-corrected chi connectivity index (χ0v) is 12.9. The number of nitrogens with zero attached hydrogens (tertiary/aromatic N) is 1. The average Bonchev–Trinajstić information content (AvgIpc) is 2.39. The van der Waals surface area contributed by atoms with Crippen LogP contribution in [0.3, 0.4) is 0 Å². The fraction of sp³-hybridized carbons (Fsp3) is 0.0714. The third-order valence-electron chi connectivity index (χ3n) is 2.58. The predicted octanol–water partition coefficient (Wildman–Crippen LogP) is 5.24. The summed E-state index contributed by atoms with van der Waals surface area (Å²) in [5.74, 6) is 0. The number of nitriles is 1. The van der Waals surface area contributed by atoms with Gasteiger partial charge in [0.1, 0.15) is 6.07 Å². The van der Waals surface area contributed by atoms with Gasteiger partial charge in [0, 0.05) is 21.7 Å². The summed E-state index contributed by atoms with van der Waals surface area (Å²) in [7, 11) is 0. The van der Waals surface area contributed by atoms with Crippen molar-refractivity contribution in [2.45, 2.75) is 6.54 Å². The standard InChI is InChI=1S/C14H9BrCl2N2/c15-13-6-11(16)2-1-9(13)8-19-12-3-4-14(17)10(5-12)7-18/h1-6,19H,8H2. The van der Waals surface area contributed by atoms with Crippen LogP contribution in [0.1, 0.15) is 11.1 Å². The highest BCUT2D eigenvalue weighted by molar-refractivity contribution is 9.10. The van der Waals surface area contributed by atoms with Gasteiger partial charge in [0.25, 0.3) is 0 Å². The lowest BCUT2D eigenvalue weighted by Gasteiger charge is -2.09.